The molecule has 1 aliphatic rings. The third-order valence-corrected chi connectivity index (χ3v) is 3.81. The Morgan fingerprint density at radius 1 is 1.09 bits per heavy atom. The largest absolute Gasteiger partial charge is 0.322 e. The van der Waals surface area contributed by atoms with Crippen molar-refractivity contribution in [2.24, 2.45) is 0 Å². The summed E-state index contributed by atoms with van der Waals surface area (Å²) in [6, 6.07) is 7.83. The van der Waals surface area contributed by atoms with Crippen LogP contribution in [0.5, 0.6) is 0 Å². The number of carbonyl (C=O) groups excluding carboxylic acids is 2. The minimum absolute atomic E-state index is 0.0459. The fraction of sp³-hybridized carbons (Fsp3) is 0.176. The standard InChI is InChI=1S/C17H14F2N2O2/c1-21-15-4-3-14(8-10(15)2-5-16(21)22)20-17(23)11-6-12(18)9-13(19)7-11/h3-4,6-9H,2,5H2,1H3,(H,20,23). The van der Waals surface area contributed by atoms with Crippen LogP contribution in [0.1, 0.15) is 22.3 Å². The van der Waals surface area contributed by atoms with Gasteiger partial charge in [-0.3, -0.25) is 9.59 Å². The normalized spacial score (nSPS) is 13.7. The van der Waals surface area contributed by atoms with Crippen LogP contribution in [-0.4, -0.2) is 18.9 Å². The van der Waals surface area contributed by atoms with Crippen molar-refractivity contribution in [3.05, 3.63) is 59.2 Å². The number of amides is 2. The lowest BCUT2D eigenvalue weighted by Gasteiger charge is -2.26. The average Bonchev–Trinajstić information content (AvgIpc) is 2.50. The highest BCUT2D eigenvalue weighted by molar-refractivity contribution is 6.04. The van der Waals surface area contributed by atoms with Crippen molar-refractivity contribution in [1.29, 1.82) is 0 Å². The Labute approximate surface area is 131 Å². The van der Waals surface area contributed by atoms with Gasteiger partial charge in [0.25, 0.3) is 5.91 Å². The number of aryl methyl sites for hydroxylation is 1. The number of nitrogens with zero attached hydrogens (tertiary/aromatic N) is 1. The van der Waals surface area contributed by atoms with Crippen LogP contribution in [0.25, 0.3) is 0 Å². The molecule has 0 saturated carbocycles. The van der Waals surface area contributed by atoms with Crippen LogP contribution in [0.4, 0.5) is 20.2 Å². The molecule has 0 radical (unpaired) electrons. The second-order valence-corrected chi connectivity index (χ2v) is 5.41. The van der Waals surface area contributed by atoms with Crippen LogP contribution in [0, 0.1) is 11.6 Å². The molecule has 23 heavy (non-hydrogen) atoms. The van der Waals surface area contributed by atoms with Crippen molar-refractivity contribution < 1.29 is 18.4 Å². The molecule has 0 aliphatic carbocycles. The molecule has 2 aromatic rings. The highest BCUT2D eigenvalue weighted by Crippen LogP contribution is 2.29. The van der Waals surface area contributed by atoms with Gasteiger partial charge in [0.05, 0.1) is 0 Å². The second kappa shape index (κ2) is 5.79. The summed E-state index contributed by atoms with van der Waals surface area (Å²) in [6.45, 7) is 0. The van der Waals surface area contributed by atoms with E-state index in [1.807, 2.05) is 0 Å². The summed E-state index contributed by atoms with van der Waals surface area (Å²) in [6.07, 6.45) is 1.01. The van der Waals surface area contributed by atoms with Gasteiger partial charge in [-0.05, 0) is 42.3 Å². The lowest BCUT2D eigenvalue weighted by Crippen LogP contribution is -2.31. The Morgan fingerprint density at radius 3 is 2.48 bits per heavy atom. The zero-order valence-electron chi connectivity index (χ0n) is 12.4. The van der Waals surface area contributed by atoms with Gasteiger partial charge in [-0.15, -0.1) is 0 Å². The predicted molar refractivity (Wildman–Crippen MR) is 82.5 cm³/mol. The highest BCUT2D eigenvalue weighted by atomic mass is 19.1. The van der Waals surface area contributed by atoms with Gasteiger partial charge >= 0.3 is 0 Å². The van der Waals surface area contributed by atoms with Crippen LogP contribution in [0.3, 0.4) is 0 Å². The lowest BCUT2D eigenvalue weighted by molar-refractivity contribution is -0.118. The predicted octanol–water partition coefficient (Wildman–Crippen LogP) is 3.13. The first kappa shape index (κ1) is 15.1. The van der Waals surface area contributed by atoms with E-state index in [0.717, 1.165) is 23.4 Å². The monoisotopic (exact) mass is 316 g/mol. The van der Waals surface area contributed by atoms with Crippen LogP contribution in [0.2, 0.25) is 0 Å². The fourth-order valence-corrected chi connectivity index (χ4v) is 2.62. The van der Waals surface area contributed by atoms with E-state index in [1.54, 1.807) is 30.1 Å². The molecule has 0 spiro atoms. The maximum Gasteiger partial charge on any atom is 0.255 e. The summed E-state index contributed by atoms with van der Waals surface area (Å²) in [5, 5.41) is 2.61. The molecule has 0 aromatic heterocycles. The van der Waals surface area contributed by atoms with Gasteiger partial charge in [-0.2, -0.15) is 0 Å². The van der Waals surface area contributed by atoms with E-state index in [4.69, 9.17) is 0 Å². The Morgan fingerprint density at radius 2 is 1.78 bits per heavy atom. The van der Waals surface area contributed by atoms with Gasteiger partial charge in [0.15, 0.2) is 0 Å². The number of fused-ring (bicyclic) bond motifs is 1. The molecule has 2 amide bonds. The SMILES string of the molecule is CN1C(=O)CCc2cc(NC(=O)c3cc(F)cc(F)c3)ccc21. The third kappa shape index (κ3) is 3.06. The molecule has 118 valence electrons. The number of benzene rings is 2. The van der Waals surface area contributed by atoms with E-state index in [0.29, 0.717) is 24.6 Å². The lowest BCUT2D eigenvalue weighted by atomic mass is 10.0. The summed E-state index contributed by atoms with van der Waals surface area (Å²) < 4.78 is 26.3. The summed E-state index contributed by atoms with van der Waals surface area (Å²) in [4.78, 5) is 25.3. The molecule has 4 nitrogen and oxygen atoms in total. The van der Waals surface area contributed by atoms with Crippen LogP contribution in [-0.2, 0) is 11.2 Å². The summed E-state index contributed by atoms with van der Waals surface area (Å²) in [7, 11) is 1.70. The van der Waals surface area contributed by atoms with Crippen molar-refractivity contribution in [1.82, 2.24) is 0 Å². The van der Waals surface area contributed by atoms with E-state index in [1.165, 1.54) is 0 Å². The van der Waals surface area contributed by atoms with E-state index in [2.05, 4.69) is 5.32 Å². The molecule has 0 atom stereocenters. The first-order valence-corrected chi connectivity index (χ1v) is 7.11. The maximum atomic E-state index is 13.2. The quantitative estimate of drug-likeness (QED) is 0.925. The first-order valence-electron chi connectivity index (χ1n) is 7.11. The van der Waals surface area contributed by atoms with Crippen molar-refractivity contribution in [2.45, 2.75) is 12.8 Å². The average molecular weight is 316 g/mol. The second-order valence-electron chi connectivity index (χ2n) is 5.41. The molecule has 0 fully saturated rings. The fourth-order valence-electron chi connectivity index (χ4n) is 2.62. The molecule has 0 saturated heterocycles. The molecular weight excluding hydrogens is 302 g/mol. The zero-order valence-corrected chi connectivity index (χ0v) is 12.4. The van der Waals surface area contributed by atoms with Crippen molar-refractivity contribution in [3.8, 4) is 0 Å². The smallest absolute Gasteiger partial charge is 0.255 e. The van der Waals surface area contributed by atoms with E-state index < -0.39 is 17.5 Å². The van der Waals surface area contributed by atoms with Gasteiger partial charge in [0, 0.05) is 36.5 Å². The molecule has 0 bridgehead atoms. The van der Waals surface area contributed by atoms with Crippen LogP contribution < -0.4 is 10.2 Å². The summed E-state index contributed by atoms with van der Waals surface area (Å²) in [5.41, 5.74) is 2.17. The minimum Gasteiger partial charge on any atom is -0.322 e. The van der Waals surface area contributed by atoms with Crippen molar-refractivity contribution in [3.63, 3.8) is 0 Å². The number of anilines is 2. The Bertz CT molecular complexity index is 785. The van der Waals surface area contributed by atoms with Gasteiger partial charge in [-0.25, -0.2) is 8.78 Å². The summed E-state index contributed by atoms with van der Waals surface area (Å²) >= 11 is 0. The number of nitrogens with one attached hydrogen (secondary N) is 1. The summed E-state index contributed by atoms with van der Waals surface area (Å²) in [5.74, 6) is -2.16. The molecule has 1 heterocycles. The van der Waals surface area contributed by atoms with E-state index in [-0.39, 0.29) is 11.5 Å². The van der Waals surface area contributed by atoms with Gasteiger partial charge in [-0.1, -0.05) is 0 Å². The highest BCUT2D eigenvalue weighted by Gasteiger charge is 2.21. The number of rotatable bonds is 2. The van der Waals surface area contributed by atoms with Gasteiger partial charge < -0.3 is 10.2 Å². The van der Waals surface area contributed by atoms with Crippen molar-refractivity contribution in [2.75, 3.05) is 17.3 Å². The first-order chi connectivity index (χ1) is 10.9. The number of carbonyl (C=O) groups is 2. The topological polar surface area (TPSA) is 49.4 Å². The van der Waals surface area contributed by atoms with Crippen molar-refractivity contribution >= 4 is 23.2 Å². The minimum atomic E-state index is -0.805. The maximum absolute atomic E-state index is 13.2. The van der Waals surface area contributed by atoms with E-state index >= 15 is 0 Å². The number of hydrogen-bond donors (Lipinski definition) is 1. The zero-order chi connectivity index (χ0) is 16.6. The number of halogens is 2. The van der Waals surface area contributed by atoms with Crippen LogP contribution >= 0.6 is 0 Å². The molecule has 1 aliphatic heterocycles. The molecule has 3 rings (SSSR count). The van der Waals surface area contributed by atoms with Crippen LogP contribution in [0.15, 0.2) is 36.4 Å². The molecule has 0 unspecified atom stereocenters. The number of hydrogen-bond acceptors (Lipinski definition) is 2. The molecule has 2 aromatic carbocycles. The Kier molecular flexibility index (Phi) is 3.82. The Hall–Kier alpha value is -2.76. The van der Waals surface area contributed by atoms with Gasteiger partial charge in [0.2, 0.25) is 5.91 Å². The third-order valence-electron chi connectivity index (χ3n) is 3.81. The molecule has 1 N–H and O–H groups in total. The molecule has 6 heteroatoms. The molecular formula is C17H14F2N2O2. The van der Waals surface area contributed by atoms with Gasteiger partial charge in [0.1, 0.15) is 11.6 Å². The van der Waals surface area contributed by atoms with E-state index in [9.17, 15) is 18.4 Å². The Balaban J connectivity index is 1.83.